The number of anilines is 1. The van der Waals surface area contributed by atoms with Crippen LogP contribution in [-0.2, 0) is 10.0 Å². The number of pyridine rings is 1. The molecular formula is C6H6F2N2O2S. The third-order valence-corrected chi connectivity index (χ3v) is 1.70. The predicted octanol–water partition coefficient (Wildman–Crippen LogP) is 0.731. The molecule has 1 heterocycles. The molecule has 0 saturated heterocycles. The van der Waals surface area contributed by atoms with Gasteiger partial charge in [-0.3, -0.25) is 4.72 Å². The van der Waals surface area contributed by atoms with Crippen molar-refractivity contribution in [2.75, 3.05) is 11.0 Å². The zero-order valence-corrected chi connectivity index (χ0v) is 7.40. The largest absolute Gasteiger partial charge is 0.279 e. The molecule has 0 saturated carbocycles. The number of nitrogens with one attached hydrogen (secondary N) is 1. The van der Waals surface area contributed by atoms with Gasteiger partial charge in [0.2, 0.25) is 21.9 Å². The lowest BCUT2D eigenvalue weighted by Gasteiger charge is -2.03. The summed E-state index contributed by atoms with van der Waals surface area (Å²) in [4.78, 5) is 2.80. The minimum atomic E-state index is -3.56. The fourth-order valence-corrected chi connectivity index (χ4v) is 1.24. The van der Waals surface area contributed by atoms with Crippen molar-refractivity contribution in [3.63, 3.8) is 0 Å². The third kappa shape index (κ3) is 2.94. The molecule has 13 heavy (non-hydrogen) atoms. The molecule has 72 valence electrons. The molecule has 0 aliphatic heterocycles. The van der Waals surface area contributed by atoms with Crippen molar-refractivity contribution in [2.24, 2.45) is 0 Å². The van der Waals surface area contributed by atoms with Gasteiger partial charge in [-0.2, -0.15) is 13.8 Å². The molecule has 0 aliphatic carbocycles. The molecule has 0 fully saturated rings. The maximum Gasteiger partial charge on any atom is 0.239 e. The maximum absolute atomic E-state index is 12.7. The Morgan fingerprint density at radius 3 is 2.46 bits per heavy atom. The molecule has 1 aromatic rings. The second kappa shape index (κ2) is 3.25. The number of aromatic nitrogens is 1. The second-order valence-electron chi connectivity index (χ2n) is 2.35. The van der Waals surface area contributed by atoms with Gasteiger partial charge in [0, 0.05) is 0 Å². The van der Waals surface area contributed by atoms with Gasteiger partial charge in [0.15, 0.2) is 0 Å². The summed E-state index contributed by atoms with van der Waals surface area (Å²) in [6, 6.07) is 1.81. The monoisotopic (exact) mass is 208 g/mol. The van der Waals surface area contributed by atoms with Crippen LogP contribution < -0.4 is 4.72 Å². The summed E-state index contributed by atoms with van der Waals surface area (Å²) in [5.41, 5.74) is -0.371. The average molecular weight is 208 g/mol. The van der Waals surface area contributed by atoms with E-state index in [-0.39, 0.29) is 5.69 Å². The quantitative estimate of drug-likeness (QED) is 0.729. The molecule has 0 atom stereocenters. The molecule has 0 spiro atoms. The maximum atomic E-state index is 12.7. The Labute approximate surface area is 73.7 Å². The number of hydrogen-bond donors (Lipinski definition) is 1. The number of hydrogen-bond acceptors (Lipinski definition) is 3. The molecule has 4 nitrogen and oxygen atoms in total. The Kier molecular flexibility index (Phi) is 2.46. The molecule has 0 aromatic carbocycles. The summed E-state index contributed by atoms with van der Waals surface area (Å²) in [5.74, 6) is -2.19. The van der Waals surface area contributed by atoms with Crippen LogP contribution in [0.4, 0.5) is 14.5 Å². The number of rotatable bonds is 2. The van der Waals surface area contributed by atoms with Crippen molar-refractivity contribution >= 4 is 15.7 Å². The van der Waals surface area contributed by atoms with Gasteiger partial charge < -0.3 is 0 Å². The van der Waals surface area contributed by atoms with Crippen LogP contribution in [0.5, 0.6) is 0 Å². The Morgan fingerprint density at radius 2 is 2.00 bits per heavy atom. The number of halogens is 2. The van der Waals surface area contributed by atoms with Gasteiger partial charge in [-0.05, 0) is 12.1 Å². The van der Waals surface area contributed by atoms with Crippen LogP contribution in [0.15, 0.2) is 12.1 Å². The van der Waals surface area contributed by atoms with Crippen molar-refractivity contribution in [1.29, 1.82) is 0 Å². The predicted molar refractivity (Wildman–Crippen MR) is 42.6 cm³/mol. The van der Waals surface area contributed by atoms with E-state index in [2.05, 4.69) is 4.98 Å². The van der Waals surface area contributed by atoms with Crippen LogP contribution in [0, 0.1) is 11.9 Å². The minimum Gasteiger partial charge on any atom is -0.279 e. The highest BCUT2D eigenvalue weighted by molar-refractivity contribution is 7.92. The van der Waals surface area contributed by atoms with Crippen molar-refractivity contribution < 1.29 is 17.2 Å². The highest BCUT2D eigenvalue weighted by atomic mass is 32.2. The lowest BCUT2D eigenvalue weighted by atomic mass is 10.4. The van der Waals surface area contributed by atoms with E-state index in [1.165, 1.54) is 0 Å². The molecule has 7 heteroatoms. The van der Waals surface area contributed by atoms with E-state index < -0.39 is 21.9 Å². The lowest BCUT2D eigenvalue weighted by molar-refractivity contribution is 0.515. The van der Waals surface area contributed by atoms with Gasteiger partial charge in [0.25, 0.3) is 0 Å². The van der Waals surface area contributed by atoms with Crippen molar-refractivity contribution in [1.82, 2.24) is 4.98 Å². The van der Waals surface area contributed by atoms with Gasteiger partial charge in [-0.1, -0.05) is 0 Å². The molecule has 0 radical (unpaired) electrons. The van der Waals surface area contributed by atoms with E-state index in [4.69, 9.17) is 0 Å². The standard InChI is InChI=1S/C6H6F2N2O2S/c1-13(11,12)10-4-2-3-5(7)9-6(4)8/h2-3,10H,1H3. The topological polar surface area (TPSA) is 59.1 Å². The van der Waals surface area contributed by atoms with Gasteiger partial charge >= 0.3 is 0 Å². The van der Waals surface area contributed by atoms with Crippen molar-refractivity contribution in [3.8, 4) is 0 Å². The molecule has 1 N–H and O–H groups in total. The molecule has 0 amide bonds. The minimum absolute atomic E-state index is 0.371. The Bertz CT molecular complexity index is 419. The number of nitrogens with zero attached hydrogens (tertiary/aromatic N) is 1. The Morgan fingerprint density at radius 1 is 1.38 bits per heavy atom. The normalized spacial score (nSPS) is 11.3. The third-order valence-electron chi connectivity index (χ3n) is 1.11. The first-order valence-electron chi connectivity index (χ1n) is 3.18. The summed E-state index contributed by atoms with van der Waals surface area (Å²) in [7, 11) is -3.56. The van der Waals surface area contributed by atoms with Crippen LogP contribution in [0.2, 0.25) is 0 Å². The summed E-state index contributed by atoms with van der Waals surface area (Å²) in [6.07, 6.45) is 0.857. The summed E-state index contributed by atoms with van der Waals surface area (Å²) in [5, 5.41) is 0. The highest BCUT2D eigenvalue weighted by Crippen LogP contribution is 2.12. The zero-order valence-electron chi connectivity index (χ0n) is 6.58. The van der Waals surface area contributed by atoms with E-state index >= 15 is 0 Å². The van der Waals surface area contributed by atoms with Crippen LogP contribution in [0.3, 0.4) is 0 Å². The molecular weight excluding hydrogens is 202 g/mol. The summed E-state index contributed by atoms with van der Waals surface area (Å²) < 4.78 is 48.1. The first-order valence-corrected chi connectivity index (χ1v) is 5.07. The summed E-state index contributed by atoms with van der Waals surface area (Å²) in [6.45, 7) is 0. The SMILES string of the molecule is CS(=O)(=O)Nc1ccc(F)nc1F. The van der Waals surface area contributed by atoms with Gasteiger partial charge in [0.1, 0.15) is 5.69 Å². The van der Waals surface area contributed by atoms with E-state index in [0.717, 1.165) is 18.4 Å². The van der Waals surface area contributed by atoms with Crippen LogP contribution >= 0.6 is 0 Å². The lowest BCUT2D eigenvalue weighted by Crippen LogP contribution is -2.11. The molecule has 0 aliphatic rings. The van der Waals surface area contributed by atoms with Gasteiger partial charge in [0.05, 0.1) is 6.26 Å². The smallest absolute Gasteiger partial charge is 0.239 e. The first-order chi connectivity index (χ1) is 5.88. The van der Waals surface area contributed by atoms with Crippen LogP contribution in [-0.4, -0.2) is 19.7 Å². The Hall–Kier alpha value is -1.24. The fraction of sp³-hybridized carbons (Fsp3) is 0.167. The molecule has 0 bridgehead atoms. The molecule has 1 aromatic heterocycles. The van der Waals surface area contributed by atoms with Crippen molar-refractivity contribution in [3.05, 3.63) is 24.0 Å². The van der Waals surface area contributed by atoms with E-state index in [1.54, 1.807) is 0 Å². The van der Waals surface area contributed by atoms with E-state index in [0.29, 0.717) is 0 Å². The fourth-order valence-electron chi connectivity index (χ4n) is 0.688. The van der Waals surface area contributed by atoms with Crippen LogP contribution in [0.25, 0.3) is 0 Å². The molecule has 1 rings (SSSR count). The van der Waals surface area contributed by atoms with E-state index in [1.807, 2.05) is 4.72 Å². The average Bonchev–Trinajstić information content (AvgIpc) is 1.93. The van der Waals surface area contributed by atoms with Gasteiger partial charge in [-0.25, -0.2) is 8.42 Å². The number of sulfonamides is 1. The summed E-state index contributed by atoms with van der Waals surface area (Å²) >= 11 is 0. The zero-order chi connectivity index (χ0) is 10.1. The van der Waals surface area contributed by atoms with Crippen LogP contribution in [0.1, 0.15) is 0 Å². The second-order valence-corrected chi connectivity index (χ2v) is 4.10. The first kappa shape index (κ1) is 9.85. The molecule has 0 unspecified atom stereocenters. The van der Waals surface area contributed by atoms with Gasteiger partial charge in [-0.15, -0.1) is 0 Å². The van der Waals surface area contributed by atoms with E-state index in [9.17, 15) is 17.2 Å². The Balaban J connectivity index is 3.04. The van der Waals surface area contributed by atoms with Crippen molar-refractivity contribution in [2.45, 2.75) is 0 Å². The highest BCUT2D eigenvalue weighted by Gasteiger charge is 2.08.